The standard InChI is InChI=1S/C15H17N7O4/c1-2-5-21-18-15(17-19-21)16-14(23)11-3-4-12(13(10-11)22(24)25)20-6-8-26-9-7-20/h2-4,10H,1,5-9H2,(H,16,18,23). The molecule has 3 rings (SSSR count). The van der Waals surface area contributed by atoms with Crippen molar-refractivity contribution in [2.45, 2.75) is 6.54 Å². The molecule has 1 aromatic carbocycles. The quantitative estimate of drug-likeness (QED) is 0.457. The number of hydrogen-bond acceptors (Lipinski definition) is 8. The van der Waals surface area contributed by atoms with Crippen molar-refractivity contribution in [2.75, 3.05) is 36.5 Å². The summed E-state index contributed by atoms with van der Waals surface area (Å²) in [6.45, 7) is 6.03. The lowest BCUT2D eigenvalue weighted by molar-refractivity contribution is -0.384. The molecular weight excluding hydrogens is 342 g/mol. The maximum absolute atomic E-state index is 12.3. The monoisotopic (exact) mass is 359 g/mol. The minimum absolute atomic E-state index is 0.0109. The largest absolute Gasteiger partial charge is 0.378 e. The number of benzene rings is 1. The lowest BCUT2D eigenvalue weighted by Crippen LogP contribution is -2.36. The predicted octanol–water partition coefficient (Wildman–Crippen LogP) is 0.856. The second-order valence-corrected chi connectivity index (χ2v) is 5.47. The number of tetrazole rings is 1. The van der Waals surface area contributed by atoms with Crippen molar-refractivity contribution in [3.05, 3.63) is 46.5 Å². The van der Waals surface area contributed by atoms with Crippen LogP contribution in [-0.4, -0.2) is 57.3 Å². The molecule has 0 radical (unpaired) electrons. The zero-order valence-corrected chi connectivity index (χ0v) is 13.9. The van der Waals surface area contributed by atoms with Crippen molar-refractivity contribution >= 4 is 23.2 Å². The molecule has 1 saturated heterocycles. The molecule has 2 aromatic rings. The number of hydrogen-bond donors (Lipinski definition) is 1. The Balaban J connectivity index is 1.80. The Morgan fingerprint density at radius 2 is 2.19 bits per heavy atom. The summed E-state index contributed by atoms with van der Waals surface area (Å²) in [4.78, 5) is 26.4. The van der Waals surface area contributed by atoms with Crippen molar-refractivity contribution in [3.8, 4) is 0 Å². The number of morpholine rings is 1. The minimum atomic E-state index is -0.556. The number of rotatable bonds is 6. The van der Waals surface area contributed by atoms with Crippen LogP contribution < -0.4 is 10.2 Å². The number of anilines is 2. The summed E-state index contributed by atoms with van der Waals surface area (Å²) in [5.41, 5.74) is 0.460. The second kappa shape index (κ2) is 7.70. The molecule has 1 aliphatic heterocycles. The van der Waals surface area contributed by atoms with Crippen LogP contribution in [-0.2, 0) is 11.3 Å². The zero-order chi connectivity index (χ0) is 18.5. The number of nitrogens with zero attached hydrogens (tertiary/aromatic N) is 6. The van der Waals surface area contributed by atoms with Crippen LogP contribution >= 0.6 is 0 Å². The average Bonchev–Trinajstić information content (AvgIpc) is 3.09. The number of aromatic nitrogens is 4. The summed E-state index contributed by atoms with van der Waals surface area (Å²) in [6, 6.07) is 4.34. The molecule has 1 amide bonds. The highest BCUT2D eigenvalue weighted by molar-refractivity contribution is 6.04. The van der Waals surface area contributed by atoms with Gasteiger partial charge in [-0.1, -0.05) is 11.2 Å². The molecule has 0 bridgehead atoms. The second-order valence-electron chi connectivity index (χ2n) is 5.47. The lowest BCUT2D eigenvalue weighted by Gasteiger charge is -2.28. The fourth-order valence-corrected chi connectivity index (χ4v) is 2.54. The van der Waals surface area contributed by atoms with Crippen LogP contribution in [0.3, 0.4) is 0 Å². The molecule has 11 nitrogen and oxygen atoms in total. The summed E-state index contributed by atoms with van der Waals surface area (Å²) in [5, 5.41) is 25.3. The molecule has 0 unspecified atom stereocenters. The highest BCUT2D eigenvalue weighted by Crippen LogP contribution is 2.30. The number of carbonyl (C=O) groups is 1. The number of nitrogens with one attached hydrogen (secondary N) is 1. The van der Waals surface area contributed by atoms with Gasteiger partial charge in [0.1, 0.15) is 5.69 Å². The van der Waals surface area contributed by atoms with Crippen molar-refractivity contribution < 1.29 is 14.5 Å². The first-order valence-electron chi connectivity index (χ1n) is 7.89. The van der Waals surface area contributed by atoms with E-state index >= 15 is 0 Å². The van der Waals surface area contributed by atoms with Gasteiger partial charge in [-0.15, -0.1) is 11.7 Å². The van der Waals surface area contributed by atoms with E-state index in [9.17, 15) is 14.9 Å². The zero-order valence-electron chi connectivity index (χ0n) is 13.9. The SMILES string of the molecule is C=CCn1nnc(NC(=O)c2ccc(N3CCOCC3)c([N+](=O)[O-])c2)n1. The van der Waals surface area contributed by atoms with E-state index in [0.717, 1.165) is 0 Å². The summed E-state index contributed by atoms with van der Waals surface area (Å²) >= 11 is 0. The number of allylic oxidation sites excluding steroid dienone is 1. The Hall–Kier alpha value is -3.34. The molecule has 11 heteroatoms. The van der Waals surface area contributed by atoms with E-state index < -0.39 is 10.8 Å². The summed E-state index contributed by atoms with van der Waals surface area (Å²) in [5.74, 6) is -0.545. The van der Waals surface area contributed by atoms with Gasteiger partial charge in [0.05, 0.1) is 24.7 Å². The lowest BCUT2D eigenvalue weighted by atomic mass is 10.1. The third-order valence-corrected chi connectivity index (χ3v) is 3.76. The van der Waals surface area contributed by atoms with E-state index in [2.05, 4.69) is 27.3 Å². The van der Waals surface area contributed by atoms with Gasteiger partial charge in [0.25, 0.3) is 17.5 Å². The van der Waals surface area contributed by atoms with Gasteiger partial charge in [0, 0.05) is 24.7 Å². The van der Waals surface area contributed by atoms with Gasteiger partial charge in [-0.25, -0.2) is 0 Å². The van der Waals surface area contributed by atoms with Crippen molar-refractivity contribution in [1.82, 2.24) is 20.2 Å². The highest BCUT2D eigenvalue weighted by atomic mass is 16.6. The maximum Gasteiger partial charge on any atom is 0.293 e. The Kier molecular flexibility index (Phi) is 5.17. The van der Waals surface area contributed by atoms with E-state index in [4.69, 9.17) is 4.74 Å². The Bertz CT molecular complexity index is 829. The van der Waals surface area contributed by atoms with E-state index in [1.165, 1.54) is 16.9 Å². The average molecular weight is 359 g/mol. The third-order valence-electron chi connectivity index (χ3n) is 3.76. The van der Waals surface area contributed by atoms with Gasteiger partial charge < -0.3 is 9.64 Å². The third kappa shape index (κ3) is 3.83. The summed E-state index contributed by atoms with van der Waals surface area (Å²) < 4.78 is 5.27. The normalized spacial score (nSPS) is 14.1. The molecule has 136 valence electrons. The topological polar surface area (TPSA) is 128 Å². The molecule has 0 atom stereocenters. The van der Waals surface area contributed by atoms with E-state index in [0.29, 0.717) is 38.5 Å². The summed E-state index contributed by atoms with van der Waals surface area (Å²) in [6.07, 6.45) is 1.58. The van der Waals surface area contributed by atoms with Crippen LogP contribution in [0, 0.1) is 10.1 Å². The molecule has 0 spiro atoms. The molecule has 0 saturated carbocycles. The van der Waals surface area contributed by atoms with Crippen LogP contribution in [0.2, 0.25) is 0 Å². The van der Waals surface area contributed by atoms with E-state index in [1.54, 1.807) is 12.1 Å². The molecule has 1 fully saturated rings. The highest BCUT2D eigenvalue weighted by Gasteiger charge is 2.23. The maximum atomic E-state index is 12.3. The van der Waals surface area contributed by atoms with Crippen molar-refractivity contribution in [1.29, 1.82) is 0 Å². The van der Waals surface area contributed by atoms with Gasteiger partial charge in [0.15, 0.2) is 0 Å². The fraction of sp³-hybridized carbons (Fsp3) is 0.333. The van der Waals surface area contributed by atoms with Crippen molar-refractivity contribution in [2.24, 2.45) is 0 Å². The molecule has 2 heterocycles. The van der Waals surface area contributed by atoms with Gasteiger partial charge in [0.2, 0.25) is 0 Å². The number of carbonyl (C=O) groups excluding carboxylic acids is 1. The first-order valence-corrected chi connectivity index (χ1v) is 7.89. The molecule has 1 N–H and O–H groups in total. The van der Waals surface area contributed by atoms with Crippen LogP contribution in [0.5, 0.6) is 0 Å². The minimum Gasteiger partial charge on any atom is -0.378 e. The van der Waals surface area contributed by atoms with Crippen molar-refractivity contribution in [3.63, 3.8) is 0 Å². The van der Waals surface area contributed by atoms with E-state index in [1.807, 2.05) is 4.90 Å². The number of nitro benzene ring substituents is 1. The van der Waals surface area contributed by atoms with Gasteiger partial charge in [-0.2, -0.15) is 4.80 Å². The van der Waals surface area contributed by atoms with E-state index in [-0.39, 0.29) is 17.2 Å². The van der Waals surface area contributed by atoms with Gasteiger partial charge in [-0.05, 0) is 17.3 Å². The first-order chi connectivity index (χ1) is 12.6. The predicted molar refractivity (Wildman–Crippen MR) is 92.1 cm³/mol. The van der Waals surface area contributed by atoms with Crippen LogP contribution in [0.15, 0.2) is 30.9 Å². The molecule has 1 aliphatic rings. The number of amides is 1. The Morgan fingerprint density at radius 1 is 1.42 bits per heavy atom. The molecular formula is C15H17N7O4. The van der Waals surface area contributed by atoms with Crippen LogP contribution in [0.4, 0.5) is 17.3 Å². The molecule has 0 aliphatic carbocycles. The van der Waals surface area contributed by atoms with Crippen LogP contribution in [0.1, 0.15) is 10.4 Å². The Morgan fingerprint density at radius 3 is 2.88 bits per heavy atom. The van der Waals surface area contributed by atoms with Gasteiger partial charge >= 0.3 is 0 Å². The van der Waals surface area contributed by atoms with Crippen LogP contribution in [0.25, 0.3) is 0 Å². The number of ether oxygens (including phenoxy) is 1. The smallest absolute Gasteiger partial charge is 0.293 e. The van der Waals surface area contributed by atoms with Gasteiger partial charge in [-0.3, -0.25) is 20.2 Å². The fourth-order valence-electron chi connectivity index (χ4n) is 2.54. The first kappa shape index (κ1) is 17.5. The Labute approximate surface area is 148 Å². The summed E-state index contributed by atoms with van der Waals surface area (Å²) in [7, 11) is 0. The number of nitro groups is 1. The molecule has 1 aromatic heterocycles. The molecule has 26 heavy (non-hydrogen) atoms.